The second-order valence-corrected chi connectivity index (χ2v) is 5.41. The maximum absolute atomic E-state index is 13.3. The lowest BCUT2D eigenvalue weighted by Gasteiger charge is -2.03. The molecule has 0 aliphatic carbocycles. The van der Waals surface area contributed by atoms with Crippen LogP contribution in [0.2, 0.25) is 0 Å². The van der Waals surface area contributed by atoms with E-state index in [0.29, 0.717) is 5.39 Å². The second-order valence-electron chi connectivity index (χ2n) is 2.91. The van der Waals surface area contributed by atoms with Crippen LogP contribution in [0, 0.1) is 5.82 Å². The Kier molecular flexibility index (Phi) is 2.36. The molecular weight excluding hydrogens is 241 g/mol. The number of nitrogens with zero attached hydrogens (tertiary/aromatic N) is 1. The fraction of sp³-hybridized carbons (Fsp3) is 0. The van der Waals surface area contributed by atoms with Crippen molar-refractivity contribution in [3.63, 3.8) is 0 Å². The molecule has 0 N–H and O–H groups in total. The van der Waals surface area contributed by atoms with Crippen LogP contribution in [0.15, 0.2) is 35.5 Å². The van der Waals surface area contributed by atoms with Crippen molar-refractivity contribution in [2.24, 2.45) is 0 Å². The minimum Gasteiger partial charge on any atom is -0.264 e. The number of aromatic nitrogens is 1. The van der Waals surface area contributed by atoms with E-state index in [0.717, 1.165) is 6.07 Å². The predicted molar refractivity (Wildman–Crippen MR) is 54.7 cm³/mol. The van der Waals surface area contributed by atoms with Crippen molar-refractivity contribution < 1.29 is 12.8 Å². The molecule has 0 radical (unpaired) electrons. The van der Waals surface area contributed by atoms with E-state index in [-0.39, 0.29) is 5.39 Å². The van der Waals surface area contributed by atoms with Crippen molar-refractivity contribution in [3.8, 4) is 0 Å². The molecule has 0 unspecified atom stereocenters. The number of hydrogen-bond acceptors (Lipinski definition) is 3. The van der Waals surface area contributed by atoms with Gasteiger partial charge in [0.05, 0.1) is 0 Å². The van der Waals surface area contributed by atoms with Gasteiger partial charge in [-0.2, -0.15) is 0 Å². The van der Waals surface area contributed by atoms with Crippen molar-refractivity contribution in [2.75, 3.05) is 0 Å². The summed E-state index contributed by atoms with van der Waals surface area (Å²) in [5.41, 5.74) is 0. The van der Waals surface area contributed by atoms with Gasteiger partial charge in [-0.3, -0.25) is 4.98 Å². The molecule has 6 heteroatoms. The summed E-state index contributed by atoms with van der Waals surface area (Å²) < 4.78 is 35.7. The summed E-state index contributed by atoms with van der Waals surface area (Å²) in [7, 11) is 1.06. The van der Waals surface area contributed by atoms with E-state index in [2.05, 4.69) is 4.98 Å². The first-order valence-corrected chi connectivity index (χ1v) is 6.28. The highest BCUT2D eigenvalue weighted by Crippen LogP contribution is 2.27. The van der Waals surface area contributed by atoms with E-state index < -0.39 is 19.8 Å². The van der Waals surface area contributed by atoms with Crippen LogP contribution < -0.4 is 0 Å². The summed E-state index contributed by atoms with van der Waals surface area (Å²) in [4.78, 5) is 3.31. The van der Waals surface area contributed by atoms with E-state index in [1.807, 2.05) is 0 Å². The maximum Gasteiger partial charge on any atom is 0.264 e. The molecule has 0 saturated carbocycles. The lowest BCUT2D eigenvalue weighted by atomic mass is 10.2. The molecule has 0 bridgehead atoms. The zero-order valence-electron chi connectivity index (χ0n) is 7.31. The molecule has 0 atom stereocenters. The fourth-order valence-electron chi connectivity index (χ4n) is 1.36. The van der Waals surface area contributed by atoms with Gasteiger partial charge in [0.1, 0.15) is 10.7 Å². The normalized spacial score (nSPS) is 11.9. The highest BCUT2D eigenvalue weighted by atomic mass is 35.7. The van der Waals surface area contributed by atoms with E-state index in [9.17, 15) is 12.8 Å². The summed E-state index contributed by atoms with van der Waals surface area (Å²) in [6.07, 6.45) is 2.83. The molecule has 1 aromatic heterocycles. The zero-order valence-corrected chi connectivity index (χ0v) is 8.89. The highest BCUT2D eigenvalue weighted by molar-refractivity contribution is 8.14. The molecule has 0 amide bonds. The Hall–Kier alpha value is -1.20. The average Bonchev–Trinajstić information content (AvgIpc) is 2.15. The highest BCUT2D eigenvalue weighted by Gasteiger charge is 2.19. The summed E-state index contributed by atoms with van der Waals surface area (Å²) in [5, 5.41) is 0.762. The van der Waals surface area contributed by atoms with E-state index in [1.54, 1.807) is 0 Å². The number of halogens is 2. The monoisotopic (exact) mass is 245 g/mol. The first-order chi connectivity index (χ1) is 7.00. The van der Waals surface area contributed by atoms with Crippen molar-refractivity contribution in [1.82, 2.24) is 4.98 Å². The van der Waals surface area contributed by atoms with Gasteiger partial charge in [-0.25, -0.2) is 12.8 Å². The Balaban J connectivity index is 2.99. The Morgan fingerprint density at radius 2 is 2.00 bits per heavy atom. The Morgan fingerprint density at radius 1 is 1.27 bits per heavy atom. The summed E-state index contributed by atoms with van der Waals surface area (Å²) in [6, 6.07) is 3.91. The molecule has 0 saturated heterocycles. The van der Waals surface area contributed by atoms with Crippen LogP contribution in [0.1, 0.15) is 0 Å². The number of rotatable bonds is 1. The lowest BCUT2D eigenvalue weighted by molar-refractivity contribution is 0.579. The number of benzene rings is 1. The van der Waals surface area contributed by atoms with Crippen molar-refractivity contribution in [1.29, 1.82) is 0 Å². The minimum absolute atomic E-state index is 0.236. The van der Waals surface area contributed by atoms with E-state index in [4.69, 9.17) is 10.7 Å². The number of pyridine rings is 1. The molecule has 78 valence electrons. The predicted octanol–water partition coefficient (Wildman–Crippen LogP) is 2.30. The summed E-state index contributed by atoms with van der Waals surface area (Å²) in [6.45, 7) is 0. The van der Waals surface area contributed by atoms with Gasteiger partial charge in [0.2, 0.25) is 0 Å². The third kappa shape index (κ3) is 1.80. The molecule has 0 fully saturated rings. The van der Waals surface area contributed by atoms with Crippen molar-refractivity contribution in [2.45, 2.75) is 4.90 Å². The smallest absolute Gasteiger partial charge is 0.264 e. The summed E-state index contributed by atoms with van der Waals surface area (Å²) >= 11 is 0. The first-order valence-electron chi connectivity index (χ1n) is 3.97. The molecule has 15 heavy (non-hydrogen) atoms. The topological polar surface area (TPSA) is 47.0 Å². The molecule has 2 aromatic rings. The minimum atomic E-state index is -4.09. The van der Waals surface area contributed by atoms with Crippen LogP contribution in [0.5, 0.6) is 0 Å². The summed E-state index contributed by atoms with van der Waals surface area (Å²) in [5.74, 6) is -0.858. The van der Waals surface area contributed by atoms with Crippen molar-refractivity contribution >= 4 is 30.5 Å². The average molecular weight is 246 g/mol. The standard InChI is InChI=1S/C9H5ClFNO2S/c10-15(13,14)9-7-3-4-12-5-6(7)1-2-8(9)11/h1-5H. The van der Waals surface area contributed by atoms with Gasteiger partial charge in [0.15, 0.2) is 0 Å². The van der Waals surface area contributed by atoms with Gasteiger partial charge in [-0.15, -0.1) is 0 Å². The Labute approximate surface area is 89.9 Å². The third-order valence-electron chi connectivity index (χ3n) is 1.97. The van der Waals surface area contributed by atoms with Crippen molar-refractivity contribution in [3.05, 3.63) is 36.4 Å². The van der Waals surface area contributed by atoms with Crippen LogP contribution in [-0.4, -0.2) is 13.4 Å². The van der Waals surface area contributed by atoms with Gasteiger partial charge in [-0.1, -0.05) is 0 Å². The molecule has 1 heterocycles. The van der Waals surface area contributed by atoms with E-state index >= 15 is 0 Å². The Morgan fingerprint density at radius 3 is 2.67 bits per heavy atom. The maximum atomic E-state index is 13.3. The quantitative estimate of drug-likeness (QED) is 0.725. The van der Waals surface area contributed by atoms with Crippen LogP contribution in [0.25, 0.3) is 10.8 Å². The molecular formula is C9H5ClFNO2S. The SMILES string of the molecule is O=S(=O)(Cl)c1c(F)ccc2cnccc12. The van der Waals surface area contributed by atoms with Gasteiger partial charge < -0.3 is 0 Å². The van der Waals surface area contributed by atoms with Crippen LogP contribution in [0.3, 0.4) is 0 Å². The van der Waals surface area contributed by atoms with Gasteiger partial charge in [0.25, 0.3) is 9.05 Å². The van der Waals surface area contributed by atoms with Crippen LogP contribution in [0.4, 0.5) is 4.39 Å². The molecule has 1 aromatic carbocycles. The molecule has 3 nitrogen and oxygen atoms in total. The first kappa shape index (κ1) is 10.3. The Bertz CT molecular complexity index is 627. The molecule has 0 spiro atoms. The van der Waals surface area contributed by atoms with Crippen LogP contribution in [-0.2, 0) is 9.05 Å². The number of fused-ring (bicyclic) bond motifs is 1. The van der Waals surface area contributed by atoms with Gasteiger partial charge in [0, 0.05) is 33.8 Å². The molecule has 2 rings (SSSR count). The molecule has 0 aliphatic rings. The second kappa shape index (κ2) is 3.43. The van der Waals surface area contributed by atoms with Gasteiger partial charge in [-0.05, 0) is 18.2 Å². The molecule has 0 aliphatic heterocycles. The number of hydrogen-bond donors (Lipinski definition) is 0. The lowest BCUT2D eigenvalue weighted by Crippen LogP contribution is -1.97. The van der Waals surface area contributed by atoms with E-state index in [1.165, 1.54) is 24.5 Å². The largest absolute Gasteiger partial charge is 0.264 e. The zero-order chi connectivity index (χ0) is 11.1. The fourth-order valence-corrected chi connectivity index (χ4v) is 2.58. The van der Waals surface area contributed by atoms with Gasteiger partial charge >= 0.3 is 0 Å². The van der Waals surface area contributed by atoms with Crippen LogP contribution >= 0.6 is 10.7 Å². The third-order valence-corrected chi connectivity index (χ3v) is 3.33.